The van der Waals surface area contributed by atoms with E-state index in [2.05, 4.69) is 21.2 Å². The van der Waals surface area contributed by atoms with E-state index in [0.29, 0.717) is 18.7 Å². The van der Waals surface area contributed by atoms with Crippen LogP contribution in [0.4, 0.5) is 10.5 Å². The molecule has 1 aliphatic rings. The number of hydrogen-bond acceptors (Lipinski definition) is 2. The van der Waals surface area contributed by atoms with Gasteiger partial charge < -0.3 is 15.3 Å². The first kappa shape index (κ1) is 14.8. The van der Waals surface area contributed by atoms with Gasteiger partial charge in [0, 0.05) is 16.7 Å². The topological polar surface area (TPSA) is 69.6 Å². The molecule has 0 aliphatic carbocycles. The number of hydrogen-bond donors (Lipinski definition) is 2. The molecule has 2 unspecified atom stereocenters. The van der Waals surface area contributed by atoms with Gasteiger partial charge in [-0.2, -0.15) is 0 Å². The minimum atomic E-state index is -0.948. The number of carboxylic acids is 1. The number of carbonyl (C=O) groups excluding carboxylic acids is 1. The van der Waals surface area contributed by atoms with E-state index in [9.17, 15) is 14.7 Å². The average Bonchev–Trinajstić information content (AvgIpc) is 2.77. The third-order valence-corrected chi connectivity index (χ3v) is 4.58. The number of likely N-dealkylation sites (tertiary alicyclic amines) is 1. The molecule has 0 spiro atoms. The summed E-state index contributed by atoms with van der Waals surface area (Å²) >= 11 is 3.41. The zero-order valence-electron chi connectivity index (χ0n) is 11.4. The van der Waals surface area contributed by atoms with Crippen molar-refractivity contribution < 1.29 is 14.7 Å². The fourth-order valence-corrected chi connectivity index (χ4v) is 2.85. The largest absolute Gasteiger partial charge is 0.480 e. The molecule has 2 rings (SSSR count). The SMILES string of the molecule is Cc1c(Br)cccc1NC(=O)N1CCC(C)C1C(=O)O. The van der Waals surface area contributed by atoms with Crippen LogP contribution in [-0.4, -0.2) is 34.6 Å². The predicted octanol–water partition coefficient (Wildman–Crippen LogP) is 3.08. The van der Waals surface area contributed by atoms with Crippen LogP contribution in [0.15, 0.2) is 22.7 Å². The van der Waals surface area contributed by atoms with Gasteiger partial charge in [0.15, 0.2) is 0 Å². The molecule has 1 fully saturated rings. The maximum atomic E-state index is 12.3. The fourth-order valence-electron chi connectivity index (χ4n) is 2.48. The third kappa shape index (κ3) is 2.80. The van der Waals surface area contributed by atoms with Crippen LogP contribution in [0.1, 0.15) is 18.9 Å². The maximum absolute atomic E-state index is 12.3. The van der Waals surface area contributed by atoms with E-state index in [-0.39, 0.29) is 11.9 Å². The Balaban J connectivity index is 2.16. The van der Waals surface area contributed by atoms with Gasteiger partial charge in [0.25, 0.3) is 0 Å². The number of amides is 2. The monoisotopic (exact) mass is 340 g/mol. The number of nitrogens with one attached hydrogen (secondary N) is 1. The number of benzene rings is 1. The summed E-state index contributed by atoms with van der Waals surface area (Å²) in [6.45, 7) is 4.22. The molecular formula is C14H17BrN2O3. The highest BCUT2D eigenvalue weighted by Crippen LogP contribution is 2.27. The molecule has 1 heterocycles. The zero-order chi connectivity index (χ0) is 14.9. The van der Waals surface area contributed by atoms with Gasteiger partial charge in [-0.3, -0.25) is 0 Å². The number of nitrogens with zero attached hydrogens (tertiary/aromatic N) is 1. The van der Waals surface area contributed by atoms with Crippen LogP contribution in [0.25, 0.3) is 0 Å². The van der Waals surface area contributed by atoms with Gasteiger partial charge in [0.05, 0.1) is 0 Å². The number of urea groups is 1. The Morgan fingerprint density at radius 1 is 1.45 bits per heavy atom. The highest BCUT2D eigenvalue weighted by Gasteiger charge is 2.39. The Morgan fingerprint density at radius 3 is 2.80 bits per heavy atom. The van der Waals surface area contributed by atoms with Crippen molar-refractivity contribution in [3.8, 4) is 0 Å². The Kier molecular flexibility index (Phi) is 4.32. The first-order valence-corrected chi connectivity index (χ1v) is 7.26. The van der Waals surface area contributed by atoms with Crippen LogP contribution < -0.4 is 5.32 Å². The summed E-state index contributed by atoms with van der Waals surface area (Å²) in [5.41, 5.74) is 1.60. The molecule has 0 bridgehead atoms. The lowest BCUT2D eigenvalue weighted by Crippen LogP contribution is -2.44. The number of halogens is 1. The molecule has 1 aliphatic heterocycles. The van der Waals surface area contributed by atoms with E-state index in [0.717, 1.165) is 10.0 Å². The van der Waals surface area contributed by atoms with Crippen LogP contribution >= 0.6 is 15.9 Å². The summed E-state index contributed by atoms with van der Waals surface area (Å²) in [4.78, 5) is 24.9. The molecule has 0 saturated carbocycles. The second kappa shape index (κ2) is 5.83. The summed E-state index contributed by atoms with van der Waals surface area (Å²) < 4.78 is 0.903. The first-order valence-electron chi connectivity index (χ1n) is 6.47. The standard InChI is InChI=1S/C14H17BrN2O3/c1-8-6-7-17(12(8)13(18)19)14(20)16-11-5-3-4-10(15)9(11)2/h3-5,8,12H,6-7H2,1-2H3,(H,16,20)(H,18,19). The van der Waals surface area contributed by atoms with Crippen molar-refractivity contribution in [2.24, 2.45) is 5.92 Å². The Labute approximate surface area is 126 Å². The van der Waals surface area contributed by atoms with E-state index in [4.69, 9.17) is 0 Å². The van der Waals surface area contributed by atoms with Crippen molar-refractivity contribution >= 4 is 33.6 Å². The lowest BCUT2D eigenvalue weighted by atomic mass is 10.0. The quantitative estimate of drug-likeness (QED) is 0.869. The van der Waals surface area contributed by atoms with Gasteiger partial charge in [-0.25, -0.2) is 9.59 Å². The first-order chi connectivity index (χ1) is 9.41. The Bertz CT molecular complexity index is 547. The van der Waals surface area contributed by atoms with Gasteiger partial charge in [0.1, 0.15) is 6.04 Å². The van der Waals surface area contributed by atoms with E-state index in [1.165, 1.54) is 4.90 Å². The lowest BCUT2D eigenvalue weighted by Gasteiger charge is -2.24. The summed E-state index contributed by atoms with van der Waals surface area (Å²) in [5.74, 6) is -0.974. The summed E-state index contributed by atoms with van der Waals surface area (Å²) in [6, 6.07) is 4.41. The highest BCUT2D eigenvalue weighted by molar-refractivity contribution is 9.10. The van der Waals surface area contributed by atoms with Crippen LogP contribution in [-0.2, 0) is 4.79 Å². The minimum Gasteiger partial charge on any atom is -0.480 e. The molecule has 6 heteroatoms. The molecule has 0 radical (unpaired) electrons. The lowest BCUT2D eigenvalue weighted by molar-refractivity contribution is -0.142. The fraction of sp³-hybridized carbons (Fsp3) is 0.429. The van der Waals surface area contributed by atoms with Gasteiger partial charge in [-0.05, 0) is 37.0 Å². The molecule has 0 aromatic heterocycles. The van der Waals surface area contributed by atoms with Crippen LogP contribution in [0, 0.1) is 12.8 Å². The van der Waals surface area contributed by atoms with Crippen LogP contribution in [0.3, 0.4) is 0 Å². The van der Waals surface area contributed by atoms with Gasteiger partial charge in [-0.1, -0.05) is 28.9 Å². The second-order valence-electron chi connectivity index (χ2n) is 5.08. The van der Waals surface area contributed by atoms with Crippen molar-refractivity contribution in [3.05, 3.63) is 28.2 Å². The Morgan fingerprint density at radius 2 is 2.15 bits per heavy atom. The Hall–Kier alpha value is -1.56. The number of carbonyl (C=O) groups is 2. The summed E-state index contributed by atoms with van der Waals surface area (Å²) in [7, 11) is 0. The van der Waals surface area contributed by atoms with Crippen LogP contribution in [0.5, 0.6) is 0 Å². The van der Waals surface area contributed by atoms with Crippen LogP contribution in [0.2, 0.25) is 0 Å². The number of carboxylic acid groups (broad SMARTS) is 1. The molecule has 1 aromatic rings. The van der Waals surface area contributed by atoms with E-state index >= 15 is 0 Å². The molecule has 2 atom stereocenters. The van der Waals surface area contributed by atoms with Crippen molar-refractivity contribution in [1.29, 1.82) is 0 Å². The van der Waals surface area contributed by atoms with Crippen molar-refractivity contribution in [2.75, 3.05) is 11.9 Å². The van der Waals surface area contributed by atoms with Crippen molar-refractivity contribution in [1.82, 2.24) is 4.90 Å². The predicted molar refractivity (Wildman–Crippen MR) is 79.8 cm³/mol. The van der Waals surface area contributed by atoms with Gasteiger partial charge in [0.2, 0.25) is 0 Å². The van der Waals surface area contributed by atoms with E-state index < -0.39 is 12.0 Å². The van der Waals surface area contributed by atoms with E-state index in [1.54, 1.807) is 6.07 Å². The summed E-state index contributed by atoms with van der Waals surface area (Å²) in [6.07, 6.45) is 0.710. The molecule has 5 nitrogen and oxygen atoms in total. The minimum absolute atomic E-state index is 0.0261. The highest BCUT2D eigenvalue weighted by atomic mass is 79.9. The molecule has 2 amide bonds. The van der Waals surface area contributed by atoms with E-state index in [1.807, 2.05) is 26.0 Å². The molecule has 1 saturated heterocycles. The second-order valence-corrected chi connectivity index (χ2v) is 5.94. The smallest absolute Gasteiger partial charge is 0.326 e. The summed E-state index contributed by atoms with van der Waals surface area (Å²) in [5, 5.41) is 12.0. The molecule has 1 aromatic carbocycles. The molecule has 2 N–H and O–H groups in total. The zero-order valence-corrected chi connectivity index (χ0v) is 13.0. The molecule has 108 valence electrons. The van der Waals surface area contributed by atoms with Gasteiger partial charge in [-0.15, -0.1) is 0 Å². The normalized spacial score (nSPS) is 21.9. The third-order valence-electron chi connectivity index (χ3n) is 3.72. The maximum Gasteiger partial charge on any atom is 0.326 e. The van der Waals surface area contributed by atoms with Crippen molar-refractivity contribution in [2.45, 2.75) is 26.3 Å². The molecular weight excluding hydrogens is 324 g/mol. The number of aliphatic carboxylic acids is 1. The average molecular weight is 341 g/mol. The number of rotatable bonds is 2. The van der Waals surface area contributed by atoms with Crippen molar-refractivity contribution in [3.63, 3.8) is 0 Å². The molecule has 20 heavy (non-hydrogen) atoms. The van der Waals surface area contributed by atoms with Gasteiger partial charge >= 0.3 is 12.0 Å². The number of anilines is 1.